The molecule has 1 aromatic carbocycles. The summed E-state index contributed by atoms with van der Waals surface area (Å²) in [4.78, 5) is 28.3. The van der Waals surface area contributed by atoms with Crippen molar-refractivity contribution in [3.63, 3.8) is 0 Å². The first-order chi connectivity index (χ1) is 11.7. The number of aromatic hydroxyl groups is 1. The van der Waals surface area contributed by atoms with Gasteiger partial charge in [-0.05, 0) is 45.0 Å². The molecule has 0 atom stereocenters. The highest BCUT2D eigenvalue weighted by Gasteiger charge is 2.20. The molecule has 0 saturated heterocycles. The number of halogens is 1. The summed E-state index contributed by atoms with van der Waals surface area (Å²) in [6.07, 6.45) is 1.78. The van der Waals surface area contributed by atoms with Crippen molar-refractivity contribution in [2.75, 3.05) is 5.32 Å². The summed E-state index contributed by atoms with van der Waals surface area (Å²) in [6.45, 7) is 5.15. The monoisotopic (exact) mass is 346 g/mol. The van der Waals surface area contributed by atoms with Crippen LogP contribution in [0.1, 0.15) is 36.7 Å². The molecule has 132 valence electrons. The zero-order valence-corrected chi connectivity index (χ0v) is 14.2. The van der Waals surface area contributed by atoms with Gasteiger partial charge < -0.3 is 9.84 Å². The van der Waals surface area contributed by atoms with Gasteiger partial charge in [-0.1, -0.05) is 0 Å². The summed E-state index contributed by atoms with van der Waals surface area (Å²) in [5, 5.41) is 12.2. The number of nitrogens with zero attached hydrogens (tertiary/aromatic N) is 1. The number of ether oxygens (including phenoxy) is 1. The van der Waals surface area contributed by atoms with Crippen LogP contribution in [0.2, 0.25) is 0 Å². The van der Waals surface area contributed by atoms with E-state index in [4.69, 9.17) is 4.74 Å². The maximum absolute atomic E-state index is 13.3. The lowest BCUT2D eigenvalue weighted by molar-refractivity contribution is 0.0636. The second-order valence-electron chi connectivity index (χ2n) is 6.42. The molecule has 0 bridgehead atoms. The Bertz CT molecular complexity index is 800. The van der Waals surface area contributed by atoms with Gasteiger partial charge in [0.2, 0.25) is 0 Å². The zero-order valence-electron chi connectivity index (χ0n) is 14.2. The minimum absolute atomic E-state index is 0.157. The molecule has 0 unspecified atom stereocenters. The molecule has 0 aliphatic carbocycles. The van der Waals surface area contributed by atoms with Crippen molar-refractivity contribution in [1.29, 1.82) is 0 Å². The number of hydrogen-bond acceptors (Lipinski definition) is 5. The van der Waals surface area contributed by atoms with E-state index in [0.717, 1.165) is 12.1 Å². The van der Waals surface area contributed by atoms with E-state index in [2.05, 4.69) is 10.3 Å². The van der Waals surface area contributed by atoms with E-state index < -0.39 is 23.3 Å². The molecule has 0 aliphatic rings. The Morgan fingerprint density at radius 1 is 1.28 bits per heavy atom. The quantitative estimate of drug-likeness (QED) is 0.824. The van der Waals surface area contributed by atoms with Crippen molar-refractivity contribution in [3.8, 4) is 5.75 Å². The van der Waals surface area contributed by atoms with E-state index in [0.29, 0.717) is 0 Å². The summed E-state index contributed by atoms with van der Waals surface area (Å²) >= 11 is 0. The number of benzene rings is 1. The minimum Gasteiger partial charge on any atom is -0.508 e. The second kappa shape index (κ2) is 7.29. The Morgan fingerprint density at radius 3 is 2.68 bits per heavy atom. The number of amides is 1. The van der Waals surface area contributed by atoms with Gasteiger partial charge in [-0.3, -0.25) is 15.1 Å². The van der Waals surface area contributed by atoms with Gasteiger partial charge >= 0.3 is 6.09 Å². The number of phenols is 1. The zero-order chi connectivity index (χ0) is 18.6. The summed E-state index contributed by atoms with van der Waals surface area (Å²) in [5.74, 6) is -1.14. The average Bonchev–Trinajstić information content (AvgIpc) is 2.49. The summed E-state index contributed by atoms with van der Waals surface area (Å²) in [6, 6.07) is 4.82. The fraction of sp³-hybridized carbons (Fsp3) is 0.278. The summed E-state index contributed by atoms with van der Waals surface area (Å²) < 4.78 is 18.5. The number of ketones is 1. The third kappa shape index (κ3) is 5.27. The first-order valence-corrected chi connectivity index (χ1v) is 7.60. The standard InChI is InChI=1S/C18H19FN2O4/c1-18(2,3)25-17(24)21-14-10-20-7-6-13(14)16(23)9-11-8-12(19)4-5-15(11)22/h4-8,10,22H,9H2,1-3H3,(H,21,24). The van der Waals surface area contributed by atoms with Crippen LogP contribution in [0.15, 0.2) is 36.7 Å². The number of aromatic nitrogens is 1. The van der Waals surface area contributed by atoms with Crippen molar-refractivity contribution < 1.29 is 23.8 Å². The van der Waals surface area contributed by atoms with Gasteiger partial charge in [0.1, 0.15) is 17.2 Å². The lowest BCUT2D eigenvalue weighted by Gasteiger charge is -2.20. The SMILES string of the molecule is CC(C)(C)OC(=O)Nc1cnccc1C(=O)Cc1cc(F)ccc1O. The molecule has 1 amide bonds. The van der Waals surface area contributed by atoms with Crippen molar-refractivity contribution >= 4 is 17.6 Å². The lowest BCUT2D eigenvalue weighted by atomic mass is 10.0. The van der Waals surface area contributed by atoms with Gasteiger partial charge in [0.25, 0.3) is 0 Å². The van der Waals surface area contributed by atoms with Crippen molar-refractivity contribution in [3.05, 3.63) is 53.6 Å². The van der Waals surface area contributed by atoms with Gasteiger partial charge in [0.05, 0.1) is 11.9 Å². The molecule has 25 heavy (non-hydrogen) atoms. The fourth-order valence-electron chi connectivity index (χ4n) is 2.11. The highest BCUT2D eigenvalue weighted by atomic mass is 19.1. The summed E-state index contributed by atoms with van der Waals surface area (Å²) in [5.41, 5.74) is -0.170. The van der Waals surface area contributed by atoms with E-state index >= 15 is 0 Å². The maximum atomic E-state index is 13.3. The van der Waals surface area contributed by atoms with Gasteiger partial charge in [-0.2, -0.15) is 0 Å². The topological polar surface area (TPSA) is 88.5 Å². The second-order valence-corrected chi connectivity index (χ2v) is 6.42. The number of nitrogens with one attached hydrogen (secondary N) is 1. The molecule has 0 fully saturated rings. The Balaban J connectivity index is 2.20. The van der Waals surface area contributed by atoms with E-state index in [1.54, 1.807) is 20.8 Å². The van der Waals surface area contributed by atoms with Crippen LogP contribution in [0.25, 0.3) is 0 Å². The first-order valence-electron chi connectivity index (χ1n) is 7.60. The average molecular weight is 346 g/mol. The molecule has 1 heterocycles. The number of anilines is 1. The predicted octanol–water partition coefficient (Wildman–Crippen LogP) is 3.70. The van der Waals surface area contributed by atoms with Crippen LogP contribution < -0.4 is 5.32 Å². The third-order valence-corrected chi connectivity index (χ3v) is 3.15. The fourth-order valence-corrected chi connectivity index (χ4v) is 2.11. The summed E-state index contributed by atoms with van der Waals surface area (Å²) in [7, 11) is 0. The molecular formula is C18H19FN2O4. The predicted molar refractivity (Wildman–Crippen MR) is 90.2 cm³/mol. The van der Waals surface area contributed by atoms with Crippen LogP contribution in [-0.2, 0) is 11.2 Å². The molecule has 2 aromatic rings. The number of phenolic OH excluding ortho intramolecular Hbond substituents is 1. The number of pyridine rings is 1. The maximum Gasteiger partial charge on any atom is 0.412 e. The molecule has 0 aliphatic heterocycles. The molecule has 7 heteroatoms. The molecule has 1 aromatic heterocycles. The highest BCUT2D eigenvalue weighted by molar-refractivity contribution is 6.04. The van der Waals surface area contributed by atoms with Crippen molar-refractivity contribution in [1.82, 2.24) is 4.98 Å². The van der Waals surface area contributed by atoms with Crippen molar-refractivity contribution in [2.24, 2.45) is 0 Å². The largest absolute Gasteiger partial charge is 0.508 e. The smallest absolute Gasteiger partial charge is 0.412 e. The van der Waals surface area contributed by atoms with E-state index in [9.17, 15) is 19.1 Å². The Kier molecular flexibility index (Phi) is 5.36. The molecular weight excluding hydrogens is 327 g/mol. The van der Waals surface area contributed by atoms with Gasteiger partial charge in [-0.15, -0.1) is 0 Å². The molecule has 0 radical (unpaired) electrons. The molecule has 0 spiro atoms. The molecule has 6 nitrogen and oxygen atoms in total. The Morgan fingerprint density at radius 2 is 2.00 bits per heavy atom. The van der Waals surface area contributed by atoms with E-state index in [-0.39, 0.29) is 29.0 Å². The van der Waals surface area contributed by atoms with Crippen molar-refractivity contribution in [2.45, 2.75) is 32.8 Å². The Hall–Kier alpha value is -2.96. The van der Waals surface area contributed by atoms with Crippen LogP contribution in [0, 0.1) is 5.82 Å². The Labute approximate surface area is 144 Å². The number of hydrogen-bond donors (Lipinski definition) is 2. The number of carbonyl (C=O) groups excluding carboxylic acids is 2. The van der Waals surface area contributed by atoms with Crippen LogP contribution in [0.5, 0.6) is 5.75 Å². The number of rotatable bonds is 4. The molecule has 2 rings (SSSR count). The van der Waals surface area contributed by atoms with Gasteiger partial charge in [-0.25, -0.2) is 9.18 Å². The van der Waals surface area contributed by atoms with E-state index in [1.165, 1.54) is 24.5 Å². The van der Waals surface area contributed by atoms with Crippen LogP contribution >= 0.6 is 0 Å². The number of Topliss-reactive ketones (excluding diaryl/α,β-unsaturated/α-hetero) is 1. The first kappa shape index (κ1) is 18.4. The van der Waals surface area contributed by atoms with Crippen LogP contribution in [0.3, 0.4) is 0 Å². The normalized spacial score (nSPS) is 11.0. The number of carbonyl (C=O) groups is 2. The van der Waals surface area contributed by atoms with Crippen LogP contribution in [-0.4, -0.2) is 27.6 Å². The minimum atomic E-state index is -0.719. The third-order valence-electron chi connectivity index (χ3n) is 3.15. The molecule has 2 N–H and O–H groups in total. The highest BCUT2D eigenvalue weighted by Crippen LogP contribution is 2.22. The van der Waals surface area contributed by atoms with Gasteiger partial charge in [0, 0.05) is 23.7 Å². The lowest BCUT2D eigenvalue weighted by Crippen LogP contribution is -2.27. The molecule has 0 saturated carbocycles. The van der Waals surface area contributed by atoms with Gasteiger partial charge in [0.15, 0.2) is 5.78 Å². The van der Waals surface area contributed by atoms with E-state index in [1.807, 2.05) is 0 Å². The van der Waals surface area contributed by atoms with Crippen LogP contribution in [0.4, 0.5) is 14.9 Å².